The number of rotatable bonds is 6. The normalized spacial score (nSPS) is 16.6. The van der Waals surface area contributed by atoms with Crippen LogP contribution >= 0.6 is 11.6 Å². The fraction of sp³-hybridized carbons (Fsp3) is 0.667. The van der Waals surface area contributed by atoms with Crippen LogP contribution in [0.25, 0.3) is 5.57 Å². The first-order chi connectivity index (χ1) is 14.6. The van der Waals surface area contributed by atoms with Crippen LogP contribution in [-0.4, -0.2) is 61.3 Å². The van der Waals surface area contributed by atoms with Crippen LogP contribution in [0.4, 0.5) is 4.79 Å². The number of pyridine rings is 1. The summed E-state index contributed by atoms with van der Waals surface area (Å²) >= 11 is 6.59. The number of nitrogens with zero attached hydrogens (tertiary/aromatic N) is 2. The predicted octanol–water partition coefficient (Wildman–Crippen LogP) is 5.86. The molecule has 2 rings (SSSR count). The quantitative estimate of drug-likeness (QED) is 0.514. The number of aliphatic hydroxyl groups is 1. The molecular formula is C24H39ClN2O4Si. The predicted molar refractivity (Wildman–Crippen MR) is 133 cm³/mol. The van der Waals surface area contributed by atoms with Crippen molar-refractivity contribution < 1.29 is 19.1 Å². The molecule has 0 bridgehead atoms. The summed E-state index contributed by atoms with van der Waals surface area (Å²) in [5, 5.41) is 10.6. The number of hydrogen-bond acceptors (Lipinski definition) is 5. The monoisotopic (exact) mass is 482 g/mol. The minimum absolute atomic E-state index is 0.0283. The lowest BCUT2D eigenvalue weighted by Crippen LogP contribution is -2.42. The van der Waals surface area contributed by atoms with Crippen LogP contribution in [0.2, 0.25) is 23.2 Å². The smallest absolute Gasteiger partial charge is 0.410 e. The summed E-state index contributed by atoms with van der Waals surface area (Å²) in [5.41, 5.74) is 2.09. The lowest BCUT2D eigenvalue weighted by molar-refractivity contribution is 0.0270. The number of halogens is 1. The fourth-order valence-corrected chi connectivity index (χ4v) is 4.42. The molecule has 0 aliphatic carbocycles. The third kappa shape index (κ3) is 7.04. The van der Waals surface area contributed by atoms with Crippen molar-refractivity contribution in [3.63, 3.8) is 0 Å². The van der Waals surface area contributed by atoms with Gasteiger partial charge in [0, 0.05) is 31.8 Å². The molecule has 0 spiro atoms. The van der Waals surface area contributed by atoms with Crippen molar-refractivity contribution in [1.29, 1.82) is 0 Å². The van der Waals surface area contributed by atoms with E-state index in [1.807, 2.05) is 32.9 Å². The number of hydrogen-bond donors (Lipinski definition) is 1. The van der Waals surface area contributed by atoms with E-state index in [1.165, 1.54) is 0 Å². The molecule has 0 aromatic carbocycles. The van der Waals surface area contributed by atoms with Gasteiger partial charge in [-0.15, -0.1) is 0 Å². The van der Waals surface area contributed by atoms with Gasteiger partial charge in [-0.1, -0.05) is 38.4 Å². The van der Waals surface area contributed by atoms with Gasteiger partial charge in [0.1, 0.15) is 5.60 Å². The highest BCUT2D eigenvalue weighted by Gasteiger charge is 2.37. The first-order valence-electron chi connectivity index (χ1n) is 11.2. The Morgan fingerprint density at radius 3 is 2.41 bits per heavy atom. The van der Waals surface area contributed by atoms with Crippen LogP contribution < -0.4 is 0 Å². The van der Waals surface area contributed by atoms with E-state index >= 15 is 0 Å². The number of aromatic nitrogens is 1. The van der Waals surface area contributed by atoms with E-state index in [4.69, 9.17) is 20.8 Å². The zero-order valence-corrected chi connectivity index (χ0v) is 22.5. The van der Waals surface area contributed by atoms with Crippen molar-refractivity contribution in [2.24, 2.45) is 0 Å². The van der Waals surface area contributed by atoms with Gasteiger partial charge in [0.2, 0.25) is 0 Å². The Labute approximate surface area is 199 Å². The second-order valence-electron chi connectivity index (χ2n) is 11.0. The third-order valence-electron chi connectivity index (χ3n) is 6.17. The molecule has 6 nitrogen and oxygen atoms in total. The van der Waals surface area contributed by atoms with Crippen LogP contribution in [-0.2, 0) is 9.16 Å². The highest BCUT2D eigenvalue weighted by atomic mass is 35.5. The fourth-order valence-electron chi connectivity index (χ4n) is 3.07. The molecule has 1 amide bonds. The van der Waals surface area contributed by atoms with Crippen molar-refractivity contribution in [3.05, 3.63) is 34.6 Å². The van der Waals surface area contributed by atoms with Gasteiger partial charge in [0.05, 0.1) is 17.3 Å². The van der Waals surface area contributed by atoms with Crippen molar-refractivity contribution in [2.75, 3.05) is 26.3 Å². The molecule has 0 fully saturated rings. The summed E-state index contributed by atoms with van der Waals surface area (Å²) in [7, 11) is -1.92. The summed E-state index contributed by atoms with van der Waals surface area (Å²) < 4.78 is 11.8. The van der Waals surface area contributed by atoms with Crippen molar-refractivity contribution in [3.8, 4) is 0 Å². The summed E-state index contributed by atoms with van der Waals surface area (Å²) in [6, 6.07) is 1.88. The lowest BCUT2D eigenvalue weighted by Gasteiger charge is -2.37. The van der Waals surface area contributed by atoms with Gasteiger partial charge in [0.15, 0.2) is 8.32 Å². The highest BCUT2D eigenvalue weighted by Crippen LogP contribution is 2.37. The number of ether oxygens (including phenoxy) is 1. The first kappa shape index (κ1) is 26.8. The second kappa shape index (κ2) is 10.2. The first-order valence-corrected chi connectivity index (χ1v) is 14.5. The average Bonchev–Trinajstić information content (AvgIpc) is 2.66. The maximum Gasteiger partial charge on any atom is 0.410 e. The highest BCUT2D eigenvalue weighted by molar-refractivity contribution is 6.74. The maximum absolute atomic E-state index is 12.3. The van der Waals surface area contributed by atoms with E-state index in [9.17, 15) is 9.90 Å². The Bertz CT molecular complexity index is 843. The number of aliphatic hydroxyl groups excluding tert-OH is 1. The number of carbonyl (C=O) groups is 1. The van der Waals surface area contributed by atoms with E-state index < -0.39 is 13.9 Å². The molecule has 1 aliphatic heterocycles. The minimum Gasteiger partial charge on any atom is -0.444 e. The van der Waals surface area contributed by atoms with Gasteiger partial charge in [0.25, 0.3) is 0 Å². The SMILES string of the molecule is CC(C)(C)OC(=O)N1CC=C(c2ncc(C(CO)CO[Si](C)(C)C(C)(C)C)cc2Cl)CC1. The molecule has 0 radical (unpaired) electrons. The van der Waals surface area contributed by atoms with Crippen molar-refractivity contribution >= 4 is 31.6 Å². The lowest BCUT2D eigenvalue weighted by atomic mass is 10.00. The van der Waals surface area contributed by atoms with Gasteiger partial charge in [-0.3, -0.25) is 4.98 Å². The van der Waals surface area contributed by atoms with Gasteiger partial charge >= 0.3 is 6.09 Å². The minimum atomic E-state index is -1.92. The Morgan fingerprint density at radius 1 is 1.28 bits per heavy atom. The Balaban J connectivity index is 2.09. The van der Waals surface area contributed by atoms with Crippen LogP contribution in [0.5, 0.6) is 0 Å². The zero-order valence-electron chi connectivity index (χ0n) is 20.8. The Morgan fingerprint density at radius 2 is 1.94 bits per heavy atom. The Kier molecular flexibility index (Phi) is 8.59. The average molecular weight is 483 g/mol. The molecule has 1 unspecified atom stereocenters. The van der Waals surface area contributed by atoms with Gasteiger partial charge < -0.3 is 19.2 Å². The van der Waals surface area contributed by atoms with Crippen molar-refractivity contribution in [2.45, 2.75) is 77.6 Å². The number of carbonyl (C=O) groups excluding carboxylic acids is 1. The summed E-state index contributed by atoms with van der Waals surface area (Å²) in [6.07, 6.45) is 4.10. The number of amides is 1. The van der Waals surface area contributed by atoms with Crippen LogP contribution in [0.15, 0.2) is 18.3 Å². The maximum atomic E-state index is 12.3. The molecule has 1 aromatic rings. The largest absolute Gasteiger partial charge is 0.444 e. The molecule has 32 heavy (non-hydrogen) atoms. The summed E-state index contributed by atoms with van der Waals surface area (Å²) in [5.74, 6) is -0.175. The molecule has 1 aromatic heterocycles. The van der Waals surface area contributed by atoms with Crippen LogP contribution in [0.1, 0.15) is 65.1 Å². The molecule has 8 heteroatoms. The van der Waals surface area contributed by atoms with Gasteiger partial charge in [-0.2, -0.15) is 0 Å². The third-order valence-corrected chi connectivity index (χ3v) is 11.0. The van der Waals surface area contributed by atoms with Crippen molar-refractivity contribution in [1.82, 2.24) is 9.88 Å². The van der Waals surface area contributed by atoms with E-state index in [0.29, 0.717) is 31.1 Å². The van der Waals surface area contributed by atoms with Crippen LogP contribution in [0.3, 0.4) is 0 Å². The zero-order chi connectivity index (χ0) is 24.3. The summed E-state index contributed by atoms with van der Waals surface area (Å²) in [6.45, 7) is 18.0. The molecule has 1 N–H and O–H groups in total. The molecule has 1 atom stereocenters. The van der Waals surface area contributed by atoms with E-state index in [-0.39, 0.29) is 23.7 Å². The second-order valence-corrected chi connectivity index (χ2v) is 16.2. The van der Waals surface area contributed by atoms with E-state index in [1.54, 1.807) is 11.1 Å². The molecule has 1 aliphatic rings. The molecule has 180 valence electrons. The molecule has 0 saturated heterocycles. The summed E-state index contributed by atoms with van der Waals surface area (Å²) in [4.78, 5) is 18.6. The van der Waals surface area contributed by atoms with Gasteiger partial charge in [-0.25, -0.2) is 4.79 Å². The van der Waals surface area contributed by atoms with E-state index in [2.05, 4.69) is 38.8 Å². The van der Waals surface area contributed by atoms with E-state index in [0.717, 1.165) is 16.8 Å². The van der Waals surface area contributed by atoms with Crippen LogP contribution in [0, 0.1) is 0 Å². The molecular weight excluding hydrogens is 444 g/mol. The molecule has 2 heterocycles. The standard InChI is InChI=1S/C24H39ClN2O4Si/c1-23(2,3)31-22(29)27-11-9-17(10-12-27)21-20(25)13-18(14-26-21)19(15-28)16-30-32(7,8)24(4,5)6/h9,13-14,19,28H,10-12,15-16H2,1-8H3. The molecule has 0 saturated carbocycles. The topological polar surface area (TPSA) is 71.9 Å². The Hall–Kier alpha value is -1.41. The van der Waals surface area contributed by atoms with Gasteiger partial charge in [-0.05, 0) is 62.5 Å².